The quantitative estimate of drug-likeness (QED) is 0.0219. The highest BCUT2D eigenvalue weighted by Crippen LogP contribution is 2.30. The maximum absolute atomic E-state index is 11.5. The number of methoxy groups -OCH3 is 1. The standard InChI is InChI=1S/C14H18O4.C14H16.C11H16.C10H13Br.C10H12Cl2.C10H13Cl.6CH4O2/c1-4-9(2)10-5-11(13(16)8-15)7-12(6-10)14(17)18-3;1-3-11(2)13-10-6-8-12-7-4-5-9-14(12)13;1-4-11(2,3)10-8-6-5-7-9-10;1-3-8(2)9-5-4-6-10(11)7-9;1-3-7(2)8-4-5-9(11)10(12)6-8;1-3-8(2)9-4-6-10(11)7-5-9;6*1-3-2/h5-7,9,15H,4,8H2,1-3H3;4-11H,3H2,1-2H3;5-9H,4H2,1-3H3;4-8H,3H2,1-2H3;4-7H,3H2,1-2H3;4-8H,3H2,1-2H3;6*2H,1H3. The van der Waals surface area contributed by atoms with Gasteiger partial charge in [0.25, 0.3) is 0 Å². The van der Waals surface area contributed by atoms with E-state index in [0.29, 0.717) is 50.3 Å². The van der Waals surface area contributed by atoms with Crippen LogP contribution < -0.4 is 0 Å². The van der Waals surface area contributed by atoms with Gasteiger partial charge in [-0.25, -0.2) is 34.1 Å². The smallest absolute Gasteiger partial charge is 0.337 e. The van der Waals surface area contributed by atoms with Crippen LogP contribution in [0.15, 0.2) is 162 Å². The second-order valence-electron chi connectivity index (χ2n) is 21.5. The average Bonchev–Trinajstić information content (AvgIpc) is 0.876. The number of halogens is 4. The van der Waals surface area contributed by atoms with Gasteiger partial charge in [0.1, 0.15) is 6.61 Å². The lowest BCUT2D eigenvalue weighted by Crippen LogP contribution is -2.14. The van der Waals surface area contributed by atoms with E-state index in [0.717, 1.165) is 23.4 Å². The molecule has 0 heterocycles. The Morgan fingerprint density at radius 2 is 0.842 bits per heavy atom. The molecule has 7 N–H and O–H groups in total. The molecule has 0 saturated heterocycles. The number of rotatable bonds is 15. The molecule has 5 atom stereocenters. The Morgan fingerprint density at radius 1 is 0.442 bits per heavy atom. The normalized spacial score (nSPS) is 11.3. The molecule has 0 spiro atoms. The minimum Gasteiger partial charge on any atom is -0.465 e. The van der Waals surface area contributed by atoms with Gasteiger partial charge >= 0.3 is 5.97 Å². The molecule has 0 amide bonds. The first-order valence-corrected chi connectivity index (χ1v) is 33.0. The van der Waals surface area contributed by atoms with E-state index >= 15 is 0 Å². The van der Waals surface area contributed by atoms with Crippen LogP contribution in [0.3, 0.4) is 0 Å². The zero-order valence-corrected chi connectivity index (χ0v) is 63.5. The monoisotopic (exact) mass is 1450 g/mol. The van der Waals surface area contributed by atoms with Gasteiger partial charge in [0.2, 0.25) is 0 Å². The van der Waals surface area contributed by atoms with E-state index < -0.39 is 18.4 Å². The highest BCUT2D eigenvalue weighted by Gasteiger charge is 2.17. The number of Topliss-reactive ketones (excluding diaryl/α,β-unsaturated/α-hetero) is 1. The minimum absolute atomic E-state index is 0.236. The molecule has 5 unspecified atom stereocenters. The average molecular weight is 1460 g/mol. The Labute approximate surface area is 591 Å². The molecule has 0 saturated carbocycles. The molecule has 536 valence electrons. The first kappa shape index (κ1) is 98.4. The van der Waals surface area contributed by atoms with Gasteiger partial charge < -0.3 is 9.84 Å². The Bertz CT molecular complexity index is 2880. The fourth-order valence-corrected chi connectivity index (χ4v) is 8.63. The summed E-state index contributed by atoms with van der Waals surface area (Å²) in [5.41, 5.74) is 8.88. The van der Waals surface area contributed by atoms with Crippen LogP contribution in [0.1, 0.15) is 212 Å². The minimum atomic E-state index is -0.565. The van der Waals surface area contributed by atoms with E-state index in [1.165, 1.54) is 125 Å². The number of aliphatic hydroxyl groups is 1. The summed E-state index contributed by atoms with van der Waals surface area (Å²) in [4.78, 5) is 42.6. The van der Waals surface area contributed by atoms with Crippen LogP contribution in [0.2, 0.25) is 15.1 Å². The number of ketones is 1. The lowest BCUT2D eigenvalue weighted by molar-refractivity contribution is -0.215. The van der Waals surface area contributed by atoms with Crippen molar-refractivity contribution >= 4 is 73.3 Å². The molecule has 95 heavy (non-hydrogen) atoms. The maximum atomic E-state index is 11.5. The number of fused-ring (bicyclic) bond motifs is 1. The van der Waals surface area contributed by atoms with E-state index in [1.807, 2.05) is 44.2 Å². The number of aliphatic hydroxyl groups excluding tert-OH is 1. The van der Waals surface area contributed by atoms with Crippen molar-refractivity contribution in [2.45, 2.75) is 164 Å². The van der Waals surface area contributed by atoms with Crippen LogP contribution in [0.4, 0.5) is 0 Å². The zero-order valence-electron chi connectivity index (χ0n) is 59.7. The molecule has 7 aromatic carbocycles. The van der Waals surface area contributed by atoms with Crippen LogP contribution in [0.25, 0.3) is 10.8 Å². The molecular formula is C75H112BrCl3O16. The predicted molar refractivity (Wildman–Crippen MR) is 396 cm³/mol. The van der Waals surface area contributed by atoms with Gasteiger partial charge in [-0.05, 0) is 172 Å². The van der Waals surface area contributed by atoms with Gasteiger partial charge in [-0.2, -0.15) is 0 Å². The number of ether oxygens (including phenoxy) is 1. The highest BCUT2D eigenvalue weighted by molar-refractivity contribution is 9.10. The number of carbonyl (C=O) groups is 2. The van der Waals surface area contributed by atoms with Crippen LogP contribution >= 0.6 is 50.7 Å². The molecule has 20 heteroatoms. The topological polar surface area (TPSA) is 240 Å². The molecule has 0 aromatic heterocycles. The summed E-state index contributed by atoms with van der Waals surface area (Å²) in [6, 6.07) is 53.2. The molecule has 0 bridgehead atoms. The molecule has 0 aliphatic heterocycles. The third-order valence-electron chi connectivity index (χ3n) is 14.6. The van der Waals surface area contributed by atoms with Gasteiger partial charge in [0, 0.05) is 15.1 Å². The number of hydrogen-bond acceptors (Lipinski definition) is 16. The van der Waals surface area contributed by atoms with Crippen molar-refractivity contribution in [1.82, 2.24) is 0 Å². The lowest BCUT2D eigenvalue weighted by Gasteiger charge is -2.22. The summed E-state index contributed by atoms with van der Waals surface area (Å²) in [5, 5.41) is 56.2. The molecular weight excluding hydrogens is 1340 g/mol. The van der Waals surface area contributed by atoms with Crippen LogP contribution in [0.5, 0.6) is 0 Å². The summed E-state index contributed by atoms with van der Waals surface area (Å²) >= 11 is 20.9. The molecule has 7 rings (SSSR count). The van der Waals surface area contributed by atoms with Gasteiger partial charge in [-0.1, -0.05) is 244 Å². The zero-order chi connectivity index (χ0) is 73.9. The molecule has 7 aromatic rings. The van der Waals surface area contributed by atoms with Crippen molar-refractivity contribution < 1.29 is 80.3 Å². The highest BCUT2D eigenvalue weighted by atomic mass is 79.9. The summed E-state index contributed by atoms with van der Waals surface area (Å²) in [6.45, 7) is 28.0. The third-order valence-corrected chi connectivity index (χ3v) is 16.1. The van der Waals surface area contributed by atoms with E-state index in [1.54, 1.807) is 12.1 Å². The molecule has 0 aliphatic rings. The van der Waals surface area contributed by atoms with Crippen molar-refractivity contribution in [1.29, 1.82) is 0 Å². The second kappa shape index (κ2) is 63.5. The van der Waals surface area contributed by atoms with Gasteiger partial charge in [0.15, 0.2) is 5.78 Å². The summed E-state index contributed by atoms with van der Waals surface area (Å²) < 4.78 is 5.84. The Morgan fingerprint density at radius 3 is 1.27 bits per heavy atom. The summed E-state index contributed by atoms with van der Waals surface area (Å²) in [5.74, 6) is 1.89. The van der Waals surface area contributed by atoms with Crippen molar-refractivity contribution in [3.63, 3.8) is 0 Å². The van der Waals surface area contributed by atoms with Gasteiger partial charge in [0.05, 0.1) is 65.4 Å². The van der Waals surface area contributed by atoms with E-state index in [9.17, 15) is 9.59 Å². The Kier molecular flexibility index (Phi) is 65.8. The predicted octanol–water partition coefficient (Wildman–Crippen LogP) is 22.8. The van der Waals surface area contributed by atoms with E-state index in [-0.39, 0.29) is 5.92 Å². The lowest BCUT2D eigenvalue weighted by atomic mass is 9.82. The van der Waals surface area contributed by atoms with Gasteiger partial charge in [-0.15, -0.1) is 0 Å². The Hall–Kier alpha value is -5.23. The van der Waals surface area contributed by atoms with Crippen LogP contribution in [0, 0.1) is 0 Å². The van der Waals surface area contributed by atoms with Crippen LogP contribution in [-0.2, 0) is 39.5 Å². The van der Waals surface area contributed by atoms with Crippen molar-refractivity contribution in [2.24, 2.45) is 0 Å². The second-order valence-corrected chi connectivity index (χ2v) is 23.7. The number of carbonyl (C=O) groups excluding carboxylic acids is 2. The molecule has 16 nitrogen and oxygen atoms in total. The number of esters is 1. The number of hydrogen-bond donors (Lipinski definition) is 7. The molecule has 0 fully saturated rings. The first-order valence-electron chi connectivity index (χ1n) is 31.1. The fourth-order valence-electron chi connectivity index (χ4n) is 7.78. The van der Waals surface area contributed by atoms with Crippen molar-refractivity contribution in [3.05, 3.63) is 222 Å². The van der Waals surface area contributed by atoms with Crippen molar-refractivity contribution in [3.8, 4) is 0 Å². The first-order chi connectivity index (χ1) is 45.1. The van der Waals surface area contributed by atoms with Crippen molar-refractivity contribution in [2.75, 3.05) is 56.4 Å². The largest absolute Gasteiger partial charge is 0.465 e. The molecule has 0 radical (unpaired) electrons. The third kappa shape index (κ3) is 46.6. The van der Waals surface area contributed by atoms with E-state index in [4.69, 9.17) is 71.5 Å². The number of benzene rings is 7. The van der Waals surface area contributed by atoms with Gasteiger partial charge in [-0.3, -0.25) is 36.3 Å². The Balaban J connectivity index is -0.000000326. The van der Waals surface area contributed by atoms with E-state index in [2.05, 4.69) is 235 Å². The fraction of sp³-hybridized carbons (Fsp3) is 0.440. The van der Waals surface area contributed by atoms with Crippen LogP contribution in [-0.4, -0.2) is 105 Å². The summed E-state index contributed by atoms with van der Waals surface area (Å²) in [7, 11) is 8.38. The molecule has 0 aliphatic carbocycles. The SMILES string of the molecule is CCC(C)(C)c1ccccc1.CCC(C)c1cc(C(=O)CO)cc(C(=O)OC)c1.CCC(C)c1ccc(Cl)c(Cl)c1.CCC(C)c1ccc(Cl)cc1.CCC(C)c1cccc(Br)c1.CCC(C)c1cccc2ccccc12.COO.COO.COO.COO.COO.COO. The maximum Gasteiger partial charge on any atom is 0.337 e. The summed E-state index contributed by atoms with van der Waals surface area (Å²) in [6.07, 6.45) is 6.80.